The van der Waals surface area contributed by atoms with Gasteiger partial charge >= 0.3 is 6.03 Å². The van der Waals surface area contributed by atoms with E-state index in [1.807, 2.05) is 0 Å². The number of rotatable bonds is 2. The van der Waals surface area contributed by atoms with Crippen LogP contribution in [0.5, 0.6) is 0 Å². The largest absolute Gasteiger partial charge is 0.377 e. The summed E-state index contributed by atoms with van der Waals surface area (Å²) in [6.07, 6.45) is 2.54. The Bertz CT molecular complexity index is 342. The molecule has 5 atom stereocenters. The van der Waals surface area contributed by atoms with E-state index in [1.54, 1.807) is 0 Å². The lowest BCUT2D eigenvalue weighted by molar-refractivity contribution is -0.108. The molecule has 0 spiro atoms. The van der Waals surface area contributed by atoms with Crippen molar-refractivity contribution in [3.05, 3.63) is 0 Å². The number of carbonyl (C=O) groups excluding carboxylic acids is 1. The number of ether oxygens (including phenoxy) is 1. The van der Waals surface area contributed by atoms with Gasteiger partial charge in [-0.05, 0) is 18.8 Å². The first kappa shape index (κ1) is 11.3. The van der Waals surface area contributed by atoms with E-state index in [9.17, 15) is 4.79 Å². The number of urea groups is 1. The smallest absolute Gasteiger partial charge is 0.315 e. The van der Waals surface area contributed by atoms with Gasteiger partial charge in [-0.2, -0.15) is 0 Å². The molecule has 17 heavy (non-hydrogen) atoms. The van der Waals surface area contributed by atoms with Crippen molar-refractivity contribution < 1.29 is 9.53 Å². The Labute approximate surface area is 102 Å². The van der Waals surface area contributed by atoms with Crippen molar-refractivity contribution in [2.75, 3.05) is 6.61 Å². The third kappa shape index (κ3) is 1.73. The van der Waals surface area contributed by atoms with Crippen molar-refractivity contribution in [1.29, 1.82) is 0 Å². The molecule has 96 valence electrons. The number of amides is 2. The summed E-state index contributed by atoms with van der Waals surface area (Å²) in [5, 5.41) is 6.17. The van der Waals surface area contributed by atoms with E-state index in [4.69, 9.17) is 4.74 Å². The van der Waals surface area contributed by atoms with Crippen LogP contribution in [0.4, 0.5) is 4.79 Å². The SMILES string of the molecule is CC1CC1NC(=O)NC1C2CCOC2C1(C)C. The zero-order valence-corrected chi connectivity index (χ0v) is 10.8. The van der Waals surface area contributed by atoms with E-state index >= 15 is 0 Å². The Hall–Kier alpha value is -0.770. The highest BCUT2D eigenvalue weighted by Crippen LogP contribution is 2.52. The maximum absolute atomic E-state index is 11.9. The van der Waals surface area contributed by atoms with Crippen LogP contribution in [0.2, 0.25) is 0 Å². The lowest BCUT2D eigenvalue weighted by Crippen LogP contribution is -2.67. The van der Waals surface area contributed by atoms with Gasteiger partial charge in [0.1, 0.15) is 0 Å². The summed E-state index contributed by atoms with van der Waals surface area (Å²) in [6, 6.07) is 0.667. The van der Waals surface area contributed by atoms with Crippen molar-refractivity contribution in [3.8, 4) is 0 Å². The summed E-state index contributed by atoms with van der Waals surface area (Å²) in [6.45, 7) is 7.38. The van der Waals surface area contributed by atoms with E-state index < -0.39 is 0 Å². The molecule has 0 aromatic rings. The molecule has 0 bridgehead atoms. The fraction of sp³-hybridized carbons (Fsp3) is 0.923. The van der Waals surface area contributed by atoms with Crippen LogP contribution < -0.4 is 10.6 Å². The number of nitrogens with one attached hydrogen (secondary N) is 2. The maximum atomic E-state index is 11.9. The van der Waals surface area contributed by atoms with Crippen LogP contribution in [0.1, 0.15) is 33.6 Å². The molecule has 1 aliphatic heterocycles. The Morgan fingerprint density at radius 2 is 2.06 bits per heavy atom. The molecule has 1 saturated heterocycles. The second-order valence-corrected chi connectivity index (χ2v) is 6.48. The molecule has 0 radical (unpaired) electrons. The predicted molar refractivity (Wildman–Crippen MR) is 64.7 cm³/mol. The third-order valence-electron chi connectivity index (χ3n) is 4.81. The van der Waals surface area contributed by atoms with E-state index in [-0.39, 0.29) is 17.5 Å². The predicted octanol–water partition coefficient (Wildman–Crippen LogP) is 1.51. The number of fused-ring (bicyclic) bond motifs is 1. The van der Waals surface area contributed by atoms with Crippen molar-refractivity contribution >= 4 is 6.03 Å². The molecule has 2 saturated carbocycles. The fourth-order valence-corrected chi connectivity index (χ4v) is 3.49. The van der Waals surface area contributed by atoms with Crippen molar-refractivity contribution in [2.24, 2.45) is 17.3 Å². The molecule has 4 nitrogen and oxygen atoms in total. The van der Waals surface area contributed by atoms with Crippen LogP contribution in [0.25, 0.3) is 0 Å². The highest BCUT2D eigenvalue weighted by atomic mass is 16.5. The van der Waals surface area contributed by atoms with E-state index in [2.05, 4.69) is 31.4 Å². The van der Waals surface area contributed by atoms with Crippen LogP contribution in [-0.2, 0) is 4.74 Å². The number of hydrogen-bond donors (Lipinski definition) is 2. The summed E-state index contributed by atoms with van der Waals surface area (Å²) < 4.78 is 5.72. The second-order valence-electron chi connectivity index (χ2n) is 6.48. The highest BCUT2D eigenvalue weighted by Gasteiger charge is 2.59. The van der Waals surface area contributed by atoms with Gasteiger partial charge in [-0.25, -0.2) is 4.79 Å². The van der Waals surface area contributed by atoms with Gasteiger partial charge in [-0.1, -0.05) is 20.8 Å². The topological polar surface area (TPSA) is 50.4 Å². The average Bonchev–Trinajstić information content (AvgIpc) is 2.81. The lowest BCUT2D eigenvalue weighted by atomic mass is 9.57. The molecule has 2 amide bonds. The zero-order valence-electron chi connectivity index (χ0n) is 10.8. The third-order valence-corrected chi connectivity index (χ3v) is 4.81. The van der Waals surface area contributed by atoms with Gasteiger partial charge in [-0.3, -0.25) is 0 Å². The van der Waals surface area contributed by atoms with Crippen LogP contribution in [0.3, 0.4) is 0 Å². The van der Waals surface area contributed by atoms with Gasteiger partial charge in [0.25, 0.3) is 0 Å². The van der Waals surface area contributed by atoms with Crippen LogP contribution >= 0.6 is 0 Å². The zero-order chi connectivity index (χ0) is 12.2. The molecule has 0 aromatic carbocycles. The number of hydrogen-bond acceptors (Lipinski definition) is 2. The normalized spacial score (nSPS) is 45.7. The summed E-state index contributed by atoms with van der Waals surface area (Å²) in [5.74, 6) is 1.17. The van der Waals surface area contributed by atoms with Gasteiger partial charge in [0.2, 0.25) is 0 Å². The van der Waals surface area contributed by atoms with Crippen LogP contribution in [0.15, 0.2) is 0 Å². The average molecular weight is 238 g/mol. The maximum Gasteiger partial charge on any atom is 0.315 e. The number of carbonyl (C=O) groups is 1. The van der Waals surface area contributed by atoms with E-state index in [0.29, 0.717) is 24.0 Å². The summed E-state index contributed by atoms with van der Waals surface area (Å²) in [7, 11) is 0. The quantitative estimate of drug-likeness (QED) is 0.766. The van der Waals surface area contributed by atoms with Crippen LogP contribution in [-0.4, -0.2) is 30.8 Å². The van der Waals surface area contributed by atoms with E-state index in [0.717, 1.165) is 19.4 Å². The Kier molecular flexibility index (Phi) is 2.41. The van der Waals surface area contributed by atoms with Crippen molar-refractivity contribution in [1.82, 2.24) is 10.6 Å². The van der Waals surface area contributed by atoms with Gasteiger partial charge in [0.05, 0.1) is 6.10 Å². The van der Waals surface area contributed by atoms with Gasteiger partial charge in [0.15, 0.2) is 0 Å². The minimum absolute atomic E-state index is 0.00257. The molecular formula is C13H22N2O2. The summed E-state index contributed by atoms with van der Waals surface area (Å²) in [5.41, 5.74) is 0.0771. The molecule has 3 fully saturated rings. The minimum Gasteiger partial charge on any atom is -0.377 e. The Balaban J connectivity index is 1.56. The molecule has 4 heteroatoms. The lowest BCUT2D eigenvalue weighted by Gasteiger charge is -2.54. The summed E-state index contributed by atoms with van der Waals surface area (Å²) >= 11 is 0. The summed E-state index contributed by atoms with van der Waals surface area (Å²) in [4.78, 5) is 11.9. The molecule has 3 rings (SSSR count). The Morgan fingerprint density at radius 1 is 1.35 bits per heavy atom. The molecule has 2 N–H and O–H groups in total. The standard InChI is InChI=1S/C13H22N2O2/c1-7-6-9(7)14-12(16)15-10-8-4-5-17-11(8)13(10,2)3/h7-11H,4-6H2,1-3H3,(H2,14,15,16). The van der Waals surface area contributed by atoms with Gasteiger partial charge < -0.3 is 15.4 Å². The first-order valence-corrected chi connectivity index (χ1v) is 6.69. The monoisotopic (exact) mass is 238 g/mol. The molecular weight excluding hydrogens is 216 g/mol. The molecule has 2 aliphatic carbocycles. The van der Waals surface area contributed by atoms with Gasteiger partial charge in [0, 0.05) is 30.0 Å². The molecule has 5 unspecified atom stereocenters. The van der Waals surface area contributed by atoms with Gasteiger partial charge in [-0.15, -0.1) is 0 Å². The first-order chi connectivity index (χ1) is 8.00. The molecule has 3 aliphatic rings. The Morgan fingerprint density at radius 3 is 2.71 bits per heavy atom. The fourth-order valence-electron chi connectivity index (χ4n) is 3.49. The van der Waals surface area contributed by atoms with Crippen molar-refractivity contribution in [2.45, 2.75) is 51.8 Å². The first-order valence-electron chi connectivity index (χ1n) is 6.69. The van der Waals surface area contributed by atoms with E-state index in [1.165, 1.54) is 0 Å². The second kappa shape index (κ2) is 3.61. The highest BCUT2D eigenvalue weighted by molar-refractivity contribution is 5.75. The van der Waals surface area contributed by atoms with Crippen LogP contribution in [0, 0.1) is 17.3 Å². The molecule has 1 heterocycles. The minimum atomic E-state index is 0.00257. The van der Waals surface area contributed by atoms with Crippen molar-refractivity contribution in [3.63, 3.8) is 0 Å². The molecule has 0 aromatic heterocycles.